The summed E-state index contributed by atoms with van der Waals surface area (Å²) in [5.41, 5.74) is 4.48. The number of imidazole rings is 1. The zero-order chi connectivity index (χ0) is 25.9. The maximum Gasteiger partial charge on any atom is 0.146 e. The molecular formula is C18H23N3S14. The number of rotatable bonds is 0. The van der Waals surface area contributed by atoms with Crippen molar-refractivity contribution in [1.82, 2.24) is 14.4 Å². The van der Waals surface area contributed by atoms with Gasteiger partial charge in [-0.3, -0.25) is 4.98 Å². The van der Waals surface area contributed by atoms with Crippen molar-refractivity contribution >= 4 is 145 Å². The van der Waals surface area contributed by atoms with Crippen LogP contribution in [-0.4, -0.2) is 14.4 Å². The minimum atomic E-state index is 0.0482. The topological polar surface area (TPSA) is 30.2 Å². The Labute approximate surface area is 250 Å². The van der Waals surface area contributed by atoms with Gasteiger partial charge < -0.3 is 4.40 Å². The quantitative estimate of drug-likeness (QED) is 0.343. The Morgan fingerprint density at radius 2 is 1.23 bits per heavy atom. The molecule has 0 saturated carbocycles. The molecule has 0 spiro atoms. The van der Waals surface area contributed by atoms with E-state index in [4.69, 9.17) is 27.4 Å². The van der Waals surface area contributed by atoms with E-state index in [2.05, 4.69) is 69.1 Å². The van der Waals surface area contributed by atoms with Gasteiger partial charge in [0.05, 0.1) is 5.52 Å². The first-order valence-electron chi connectivity index (χ1n) is 9.62. The van der Waals surface area contributed by atoms with Gasteiger partial charge in [-0.25, -0.2) is 4.98 Å². The van der Waals surface area contributed by atoms with E-state index in [1.807, 2.05) is 12.4 Å². The van der Waals surface area contributed by atoms with E-state index in [9.17, 15) is 0 Å². The molecule has 3 heterocycles. The third-order valence-electron chi connectivity index (χ3n) is 4.18. The molecule has 0 aliphatic carbocycles. The highest BCUT2D eigenvalue weighted by Crippen LogP contribution is 2.30. The van der Waals surface area contributed by atoms with Gasteiger partial charge in [0.25, 0.3) is 0 Å². The number of fused-ring (bicyclic) bond motifs is 3. The van der Waals surface area contributed by atoms with Crippen LogP contribution in [-0.2, 0) is 140 Å². The van der Waals surface area contributed by atoms with Crippen molar-refractivity contribution in [2.75, 3.05) is 0 Å². The largest absolute Gasteiger partial charge is 0.303 e. The van der Waals surface area contributed by atoms with Crippen LogP contribution in [0, 0.1) is 0 Å². The fourth-order valence-corrected chi connectivity index (χ4v) is 30.2. The van der Waals surface area contributed by atoms with Crippen LogP contribution < -0.4 is 0 Å². The Morgan fingerprint density at radius 3 is 1.69 bits per heavy atom. The van der Waals surface area contributed by atoms with Crippen molar-refractivity contribution in [3.05, 3.63) is 42.0 Å². The molecule has 0 saturated heterocycles. The molecule has 0 amide bonds. The SMILES string of the molecule is CC(C)(C)c1ccc2c(cc(C(C)(C)C)n3ccnc23)n1.S=S=S=S=S=S=S=S=S=S=S=S=S=S. The van der Waals surface area contributed by atoms with Crippen molar-refractivity contribution in [2.45, 2.75) is 52.4 Å². The van der Waals surface area contributed by atoms with E-state index in [1.54, 1.807) is 88.8 Å². The zero-order valence-corrected chi connectivity index (χ0v) is 30.9. The van der Waals surface area contributed by atoms with Crippen LogP contribution in [0.4, 0.5) is 0 Å². The Balaban J connectivity index is 0.000000271. The molecule has 0 bridgehead atoms. The van der Waals surface area contributed by atoms with Crippen LogP contribution in [0.25, 0.3) is 16.6 Å². The van der Waals surface area contributed by atoms with Gasteiger partial charge in [-0.2, -0.15) is 0 Å². The number of pyridine rings is 2. The van der Waals surface area contributed by atoms with Crippen molar-refractivity contribution in [3.63, 3.8) is 0 Å². The summed E-state index contributed by atoms with van der Waals surface area (Å²) in [5.74, 6) is 0. The molecular weight excluding hydrogens is 707 g/mol. The van der Waals surface area contributed by atoms with Crippen LogP contribution in [0.1, 0.15) is 52.9 Å². The predicted octanol–water partition coefficient (Wildman–Crippen LogP) is 4.44. The molecule has 194 valence electrons. The van der Waals surface area contributed by atoms with E-state index in [1.165, 1.54) is 23.5 Å². The summed E-state index contributed by atoms with van der Waals surface area (Å²) < 4.78 is 2.18. The molecule has 3 rings (SSSR count). The minimum absolute atomic E-state index is 0.0482. The normalized spacial score (nSPS) is 10.8. The summed E-state index contributed by atoms with van der Waals surface area (Å²) in [6.45, 7) is 13.3. The predicted molar refractivity (Wildman–Crippen MR) is 191 cm³/mol. The summed E-state index contributed by atoms with van der Waals surface area (Å²) in [4.78, 5) is 9.43. The van der Waals surface area contributed by atoms with Gasteiger partial charge in [0, 0.05) is 169 Å². The first-order chi connectivity index (χ1) is 16.6. The maximum atomic E-state index is 4.90. The van der Waals surface area contributed by atoms with Gasteiger partial charge in [-0.15, -0.1) is 0 Å². The molecule has 3 nitrogen and oxygen atoms in total. The van der Waals surface area contributed by atoms with Crippen molar-refractivity contribution in [2.24, 2.45) is 0 Å². The van der Waals surface area contributed by atoms with Crippen molar-refractivity contribution < 1.29 is 0 Å². The summed E-state index contributed by atoms with van der Waals surface area (Å²) in [7, 11) is 19.9. The average molecular weight is 730 g/mol. The molecule has 35 heavy (non-hydrogen) atoms. The molecule has 0 aliphatic rings. The maximum absolute atomic E-state index is 4.90. The highest BCUT2D eigenvalue weighted by molar-refractivity contribution is 8.76. The summed E-state index contributed by atoms with van der Waals surface area (Å²) in [5, 5.41) is 1.11. The number of aromatic nitrogens is 3. The van der Waals surface area contributed by atoms with Crippen LogP contribution in [0.5, 0.6) is 0 Å². The number of hydrogen-bond donors (Lipinski definition) is 0. The summed E-state index contributed by atoms with van der Waals surface area (Å²) in [6.07, 6.45) is 3.90. The number of nitrogens with zero attached hydrogens (tertiary/aromatic N) is 3. The van der Waals surface area contributed by atoms with Gasteiger partial charge in [-0.1, -0.05) is 41.5 Å². The van der Waals surface area contributed by atoms with E-state index in [0.29, 0.717) is 0 Å². The number of hydrogen-bond acceptors (Lipinski definition) is 4. The summed E-state index contributed by atoms with van der Waals surface area (Å²) in [6, 6.07) is 6.48. The monoisotopic (exact) mass is 729 g/mol. The highest BCUT2D eigenvalue weighted by atomic mass is 33.5. The standard InChI is InChI=1S/C18H23N3.S14/c1-17(2,3)14-8-7-12-13(20-14)11-15(18(4,5)6)21-10-9-19-16(12)21;1-3-5-7-9-11-13-14-12-10-8-6-4-2/h7-11H,1-6H3;. The smallest absolute Gasteiger partial charge is 0.146 e. The van der Waals surface area contributed by atoms with Crippen molar-refractivity contribution in [3.8, 4) is 0 Å². The van der Waals surface area contributed by atoms with Crippen LogP contribution in [0.15, 0.2) is 30.6 Å². The lowest BCUT2D eigenvalue weighted by molar-refractivity contribution is 0.560. The molecule has 0 N–H and O–H groups in total. The molecule has 3 aromatic rings. The lowest BCUT2D eigenvalue weighted by Crippen LogP contribution is -2.17. The molecule has 17 heteroatoms. The average Bonchev–Trinajstić information content (AvgIpc) is 3.29. The molecule has 0 radical (unpaired) electrons. The van der Waals surface area contributed by atoms with Gasteiger partial charge in [0.1, 0.15) is 5.65 Å². The Bertz CT molecular complexity index is 1680. The van der Waals surface area contributed by atoms with Gasteiger partial charge in [0.15, 0.2) is 0 Å². The molecule has 0 aromatic carbocycles. The second-order valence-electron chi connectivity index (χ2n) is 8.60. The van der Waals surface area contributed by atoms with E-state index >= 15 is 0 Å². The molecule has 0 atom stereocenters. The van der Waals surface area contributed by atoms with Gasteiger partial charge >= 0.3 is 0 Å². The van der Waals surface area contributed by atoms with E-state index < -0.39 is 0 Å². The van der Waals surface area contributed by atoms with Crippen LogP contribution >= 0.6 is 0 Å². The second-order valence-corrected chi connectivity index (χ2v) is 29.8. The molecule has 0 unspecified atom stereocenters. The molecule has 3 aromatic heterocycles. The third kappa shape index (κ3) is 11.1. The fourth-order valence-electron chi connectivity index (χ4n) is 2.78. The van der Waals surface area contributed by atoms with E-state index in [0.717, 1.165) is 22.2 Å². The highest BCUT2D eigenvalue weighted by Gasteiger charge is 2.21. The minimum Gasteiger partial charge on any atom is -0.303 e. The lowest BCUT2D eigenvalue weighted by atomic mass is 9.89. The first kappa shape index (κ1) is 32.4. The first-order valence-corrected chi connectivity index (χ1v) is 27.0. The van der Waals surface area contributed by atoms with E-state index in [-0.39, 0.29) is 10.8 Å². The Morgan fingerprint density at radius 1 is 0.714 bits per heavy atom. The molecule has 0 fully saturated rings. The second kappa shape index (κ2) is 16.3. The third-order valence-corrected chi connectivity index (χ3v) is 28.6. The van der Waals surface area contributed by atoms with Gasteiger partial charge in [-0.05, 0) is 18.2 Å². The Kier molecular flexibility index (Phi) is 15.1. The summed E-state index contributed by atoms with van der Waals surface area (Å²) >= 11 is 9.43. The van der Waals surface area contributed by atoms with Crippen LogP contribution in [0.3, 0.4) is 0 Å². The van der Waals surface area contributed by atoms with Crippen molar-refractivity contribution in [1.29, 1.82) is 0 Å². The Hall–Kier alpha value is 1.18. The molecule has 0 aliphatic heterocycles. The zero-order valence-electron chi connectivity index (χ0n) is 19.4. The lowest BCUT2D eigenvalue weighted by Gasteiger charge is -2.23. The van der Waals surface area contributed by atoms with Gasteiger partial charge in [0.2, 0.25) is 0 Å². The van der Waals surface area contributed by atoms with Crippen LogP contribution in [0.2, 0.25) is 0 Å². The fraction of sp³-hybridized carbons (Fsp3) is 0.444.